The van der Waals surface area contributed by atoms with Gasteiger partial charge in [0, 0.05) is 19.6 Å². The topological polar surface area (TPSA) is 92.8 Å². The van der Waals surface area contributed by atoms with Crippen LogP contribution < -0.4 is 5.32 Å². The first-order valence-electron chi connectivity index (χ1n) is 9.98. The molecule has 0 spiro atoms. The molecular formula is C22H26N2O5S. The maximum absolute atomic E-state index is 13.1. The molecule has 0 bridgehead atoms. The molecule has 8 heteroatoms. The Morgan fingerprint density at radius 1 is 1.13 bits per heavy atom. The molecule has 2 aromatic carbocycles. The highest BCUT2D eigenvalue weighted by atomic mass is 32.2. The van der Waals surface area contributed by atoms with Crippen LogP contribution in [-0.4, -0.2) is 43.8 Å². The Kier molecular flexibility index (Phi) is 6.89. The molecule has 30 heavy (non-hydrogen) atoms. The largest absolute Gasteiger partial charge is 0.449 e. The molecule has 1 heterocycles. The zero-order chi connectivity index (χ0) is 21.7. The molecule has 0 aliphatic carbocycles. The summed E-state index contributed by atoms with van der Waals surface area (Å²) >= 11 is 0. The van der Waals surface area contributed by atoms with Crippen molar-refractivity contribution in [1.82, 2.24) is 9.62 Å². The molecule has 0 aromatic heterocycles. The van der Waals surface area contributed by atoms with Gasteiger partial charge in [0.2, 0.25) is 10.0 Å². The van der Waals surface area contributed by atoms with Gasteiger partial charge in [0.1, 0.15) is 0 Å². The maximum Gasteiger partial charge on any atom is 0.338 e. The number of benzene rings is 2. The SMILES string of the molecule is CCCNC(=O)C(C)OC(=O)c1cccc(S(=O)(=O)N2CCc3ccccc3C2)c1. The Morgan fingerprint density at radius 3 is 2.60 bits per heavy atom. The minimum atomic E-state index is -3.77. The average molecular weight is 431 g/mol. The third-order valence-corrected chi connectivity index (χ3v) is 6.85. The Hall–Kier alpha value is -2.71. The van der Waals surface area contributed by atoms with Crippen molar-refractivity contribution in [2.24, 2.45) is 0 Å². The molecule has 0 radical (unpaired) electrons. The monoisotopic (exact) mass is 430 g/mol. The second kappa shape index (κ2) is 9.40. The number of rotatable bonds is 7. The normalized spacial score (nSPS) is 15.1. The molecule has 3 rings (SSSR count). The molecule has 0 saturated heterocycles. The molecule has 1 atom stereocenters. The first kappa shape index (κ1) is 22.0. The van der Waals surface area contributed by atoms with E-state index in [-0.39, 0.29) is 16.4 Å². The van der Waals surface area contributed by atoms with Crippen LogP contribution in [0.25, 0.3) is 0 Å². The summed E-state index contributed by atoms with van der Waals surface area (Å²) in [6, 6.07) is 13.5. The predicted molar refractivity (Wildman–Crippen MR) is 112 cm³/mol. The molecule has 1 unspecified atom stereocenters. The first-order valence-corrected chi connectivity index (χ1v) is 11.4. The van der Waals surface area contributed by atoms with E-state index in [4.69, 9.17) is 4.74 Å². The summed E-state index contributed by atoms with van der Waals surface area (Å²) in [5.74, 6) is -1.13. The van der Waals surface area contributed by atoms with Crippen molar-refractivity contribution < 1.29 is 22.7 Å². The lowest BCUT2D eigenvalue weighted by Gasteiger charge is -2.28. The third kappa shape index (κ3) is 4.88. The standard InChI is InChI=1S/C22H26N2O5S/c1-3-12-23-21(25)16(2)29-22(26)18-9-6-10-20(14-18)30(27,28)24-13-11-17-7-4-5-8-19(17)15-24/h4-10,14,16H,3,11-13,15H2,1-2H3,(H,23,25). The van der Waals surface area contributed by atoms with Crippen LogP contribution in [0.3, 0.4) is 0 Å². The fraction of sp³-hybridized carbons (Fsp3) is 0.364. The molecule has 0 saturated carbocycles. The average Bonchev–Trinajstić information content (AvgIpc) is 2.77. The number of fused-ring (bicyclic) bond motifs is 1. The highest BCUT2D eigenvalue weighted by molar-refractivity contribution is 7.89. The summed E-state index contributed by atoms with van der Waals surface area (Å²) in [7, 11) is -3.77. The van der Waals surface area contributed by atoms with Crippen molar-refractivity contribution in [2.75, 3.05) is 13.1 Å². The number of nitrogens with one attached hydrogen (secondary N) is 1. The zero-order valence-corrected chi connectivity index (χ0v) is 17.9. The van der Waals surface area contributed by atoms with Crippen molar-refractivity contribution in [3.05, 3.63) is 65.2 Å². The lowest BCUT2D eigenvalue weighted by Crippen LogP contribution is -2.36. The number of carbonyl (C=O) groups excluding carboxylic acids is 2. The molecule has 1 aliphatic heterocycles. The van der Waals surface area contributed by atoms with Gasteiger partial charge in [-0.25, -0.2) is 13.2 Å². The van der Waals surface area contributed by atoms with E-state index in [0.717, 1.165) is 17.5 Å². The summed E-state index contributed by atoms with van der Waals surface area (Å²) in [6.45, 7) is 4.57. The minimum absolute atomic E-state index is 0.0272. The highest BCUT2D eigenvalue weighted by Gasteiger charge is 2.29. The molecule has 1 N–H and O–H groups in total. The van der Waals surface area contributed by atoms with Gasteiger partial charge in [0.25, 0.3) is 5.91 Å². The molecule has 160 valence electrons. The van der Waals surface area contributed by atoms with Crippen LogP contribution in [0.15, 0.2) is 53.4 Å². The van der Waals surface area contributed by atoms with Gasteiger partial charge >= 0.3 is 5.97 Å². The van der Waals surface area contributed by atoms with Crippen molar-refractivity contribution in [2.45, 2.75) is 44.2 Å². The summed E-state index contributed by atoms with van der Waals surface area (Å²) in [5.41, 5.74) is 2.22. The van der Waals surface area contributed by atoms with Gasteiger partial charge in [-0.15, -0.1) is 0 Å². The number of ether oxygens (including phenoxy) is 1. The van der Waals surface area contributed by atoms with Crippen molar-refractivity contribution in [3.8, 4) is 0 Å². The molecule has 2 aromatic rings. The van der Waals surface area contributed by atoms with Gasteiger partial charge in [-0.1, -0.05) is 37.3 Å². The summed E-state index contributed by atoms with van der Waals surface area (Å²) in [6.07, 6.45) is 0.442. The van der Waals surface area contributed by atoms with Gasteiger partial charge in [0.15, 0.2) is 6.10 Å². The Bertz CT molecular complexity index is 1040. The van der Waals surface area contributed by atoms with Crippen molar-refractivity contribution in [3.63, 3.8) is 0 Å². The van der Waals surface area contributed by atoms with E-state index >= 15 is 0 Å². The van der Waals surface area contributed by atoms with Crippen LogP contribution in [0, 0.1) is 0 Å². The van der Waals surface area contributed by atoms with Crippen molar-refractivity contribution >= 4 is 21.9 Å². The summed E-state index contributed by atoms with van der Waals surface area (Å²) in [4.78, 5) is 24.4. The second-order valence-electron chi connectivity index (χ2n) is 7.22. The Balaban J connectivity index is 1.74. The van der Waals surface area contributed by atoms with Gasteiger partial charge in [-0.2, -0.15) is 4.31 Å². The van der Waals surface area contributed by atoms with E-state index < -0.39 is 22.1 Å². The van der Waals surface area contributed by atoms with E-state index in [0.29, 0.717) is 26.1 Å². The van der Waals surface area contributed by atoms with E-state index in [2.05, 4.69) is 5.32 Å². The van der Waals surface area contributed by atoms with Crippen molar-refractivity contribution in [1.29, 1.82) is 0 Å². The highest BCUT2D eigenvalue weighted by Crippen LogP contribution is 2.25. The quantitative estimate of drug-likeness (QED) is 0.682. The summed E-state index contributed by atoms with van der Waals surface area (Å²) in [5, 5.41) is 2.66. The minimum Gasteiger partial charge on any atom is -0.449 e. The van der Waals surface area contributed by atoms with E-state index in [1.807, 2.05) is 31.2 Å². The van der Waals surface area contributed by atoms with Crippen LogP contribution in [0.2, 0.25) is 0 Å². The second-order valence-corrected chi connectivity index (χ2v) is 9.16. The number of nitrogens with zero attached hydrogens (tertiary/aromatic N) is 1. The molecular weight excluding hydrogens is 404 g/mol. The predicted octanol–water partition coefficient (Wildman–Crippen LogP) is 2.51. The zero-order valence-electron chi connectivity index (χ0n) is 17.1. The molecule has 7 nitrogen and oxygen atoms in total. The van der Waals surface area contributed by atoms with Gasteiger partial charge in [-0.3, -0.25) is 4.79 Å². The first-order chi connectivity index (χ1) is 14.3. The summed E-state index contributed by atoms with van der Waals surface area (Å²) < 4.78 is 32.9. The van der Waals surface area contributed by atoms with Crippen LogP contribution in [-0.2, 0) is 32.5 Å². The Morgan fingerprint density at radius 2 is 1.87 bits per heavy atom. The smallest absolute Gasteiger partial charge is 0.338 e. The fourth-order valence-corrected chi connectivity index (χ4v) is 4.75. The maximum atomic E-state index is 13.1. The van der Waals surface area contributed by atoms with E-state index in [9.17, 15) is 18.0 Å². The van der Waals surface area contributed by atoms with Gasteiger partial charge in [0.05, 0.1) is 10.5 Å². The van der Waals surface area contributed by atoms with Gasteiger partial charge in [-0.05, 0) is 49.1 Å². The third-order valence-electron chi connectivity index (χ3n) is 5.01. The van der Waals surface area contributed by atoms with E-state index in [1.165, 1.54) is 35.5 Å². The number of sulfonamides is 1. The van der Waals surface area contributed by atoms with Crippen LogP contribution >= 0.6 is 0 Å². The number of hydrogen-bond donors (Lipinski definition) is 1. The number of esters is 1. The molecule has 1 amide bonds. The van der Waals surface area contributed by atoms with Crippen LogP contribution in [0.5, 0.6) is 0 Å². The number of carbonyl (C=O) groups is 2. The van der Waals surface area contributed by atoms with Crippen LogP contribution in [0.1, 0.15) is 41.8 Å². The lowest BCUT2D eigenvalue weighted by atomic mass is 10.0. The van der Waals surface area contributed by atoms with Crippen LogP contribution in [0.4, 0.5) is 0 Å². The number of amides is 1. The van der Waals surface area contributed by atoms with E-state index in [1.54, 1.807) is 0 Å². The molecule has 1 aliphatic rings. The fourth-order valence-electron chi connectivity index (χ4n) is 3.28. The van der Waals surface area contributed by atoms with Gasteiger partial charge < -0.3 is 10.1 Å². The molecule has 0 fully saturated rings. The lowest BCUT2D eigenvalue weighted by molar-refractivity contribution is -0.129. The Labute approximate surface area is 177 Å². The number of hydrogen-bond acceptors (Lipinski definition) is 5.